The highest BCUT2D eigenvalue weighted by Gasteiger charge is 2.62. The normalized spacial score (nSPS) is 26.7. The van der Waals surface area contributed by atoms with E-state index in [-0.39, 0.29) is 24.8 Å². The second-order valence-corrected chi connectivity index (χ2v) is 14.4. The number of hydrogen-bond donors (Lipinski definition) is 3. The number of likely N-dealkylation sites (N-methyl/N-ethyl adjacent to an activating group) is 1. The Kier molecular flexibility index (Phi) is 8.10. The zero-order chi connectivity index (χ0) is 30.3. The molecule has 3 N–H and O–H groups in total. The minimum atomic E-state index is -3.87. The van der Waals surface area contributed by atoms with Crippen LogP contribution in [-0.4, -0.2) is 109 Å². The van der Waals surface area contributed by atoms with Crippen LogP contribution in [0.5, 0.6) is 0 Å². The van der Waals surface area contributed by atoms with Gasteiger partial charge in [-0.15, -0.1) is 6.58 Å². The summed E-state index contributed by atoms with van der Waals surface area (Å²) in [5.74, 6) is -2.00. The molecule has 0 spiro atoms. The van der Waals surface area contributed by atoms with Gasteiger partial charge in [0.2, 0.25) is 21.8 Å². The SMILES string of the molecule is C=C[C@@H]1C[C@]1(NC(=O)[C@@H]1CCCN1C(=O)CNc1cccc(C(=O)N2CCN(C)CC2)c1)C(=O)NS(=O)(=O)C1(C)CC1. The molecule has 228 valence electrons. The lowest BCUT2D eigenvalue weighted by molar-refractivity contribution is -0.138. The van der Waals surface area contributed by atoms with E-state index < -0.39 is 44.1 Å². The fourth-order valence-electron chi connectivity index (χ4n) is 5.69. The number of nitrogens with one attached hydrogen (secondary N) is 3. The van der Waals surface area contributed by atoms with Gasteiger partial charge in [-0.3, -0.25) is 23.9 Å². The van der Waals surface area contributed by atoms with Crippen LogP contribution in [0, 0.1) is 5.92 Å². The highest BCUT2D eigenvalue weighted by atomic mass is 32.2. The molecule has 2 heterocycles. The molecule has 5 rings (SSSR count). The molecule has 12 nitrogen and oxygen atoms in total. The molecule has 4 aliphatic rings. The Morgan fingerprint density at radius 3 is 2.45 bits per heavy atom. The first-order valence-corrected chi connectivity index (χ1v) is 16.0. The van der Waals surface area contributed by atoms with Crippen LogP contribution in [0.2, 0.25) is 0 Å². The van der Waals surface area contributed by atoms with E-state index in [4.69, 9.17) is 0 Å². The maximum Gasteiger partial charge on any atom is 0.259 e. The monoisotopic (exact) mass is 600 g/mol. The largest absolute Gasteiger partial charge is 0.376 e. The first-order valence-electron chi connectivity index (χ1n) is 14.5. The van der Waals surface area contributed by atoms with Gasteiger partial charge in [-0.05, 0) is 64.3 Å². The molecule has 13 heteroatoms. The van der Waals surface area contributed by atoms with Crippen LogP contribution in [0.1, 0.15) is 49.4 Å². The molecule has 1 aromatic carbocycles. The molecule has 4 amide bonds. The maximum atomic E-state index is 13.4. The van der Waals surface area contributed by atoms with E-state index >= 15 is 0 Å². The summed E-state index contributed by atoms with van der Waals surface area (Å²) in [7, 11) is -1.85. The molecule has 0 bridgehead atoms. The van der Waals surface area contributed by atoms with Crippen molar-refractivity contribution in [2.75, 3.05) is 51.6 Å². The lowest BCUT2D eigenvalue weighted by atomic mass is 10.1. The highest BCUT2D eigenvalue weighted by molar-refractivity contribution is 7.91. The standard InChI is InChI=1S/C29H40N6O6S/c1-4-21-18-29(21,27(39)32-42(40,41)28(2)10-11-28)31-25(37)23-9-6-12-35(23)24(36)19-30-22-8-5-7-20(17-22)26(38)34-15-13-33(3)14-16-34/h4-5,7-8,17,21,23,30H,1,6,9-16,18-19H2,2-3H3,(H,31,37)(H,32,39)/t21-,23+,29-/m1/s1. The molecule has 0 unspecified atom stereocenters. The van der Waals surface area contributed by atoms with Crippen molar-refractivity contribution in [3.05, 3.63) is 42.5 Å². The molecular weight excluding hydrogens is 560 g/mol. The molecule has 2 aliphatic carbocycles. The van der Waals surface area contributed by atoms with E-state index in [2.05, 4.69) is 26.8 Å². The molecule has 0 aromatic heterocycles. The summed E-state index contributed by atoms with van der Waals surface area (Å²) in [5.41, 5.74) is -0.238. The van der Waals surface area contributed by atoms with Crippen LogP contribution in [0.25, 0.3) is 0 Å². The zero-order valence-electron chi connectivity index (χ0n) is 24.2. The van der Waals surface area contributed by atoms with Crippen LogP contribution < -0.4 is 15.4 Å². The Labute approximate surface area is 246 Å². The van der Waals surface area contributed by atoms with Gasteiger partial charge in [0, 0.05) is 49.9 Å². The molecule has 2 saturated heterocycles. The maximum absolute atomic E-state index is 13.4. The Morgan fingerprint density at radius 2 is 1.81 bits per heavy atom. The number of piperazine rings is 1. The second kappa shape index (κ2) is 11.3. The number of carbonyl (C=O) groups excluding carboxylic acids is 4. The third kappa shape index (κ3) is 5.89. The average molecular weight is 601 g/mol. The van der Waals surface area contributed by atoms with Gasteiger partial charge < -0.3 is 25.3 Å². The minimum absolute atomic E-state index is 0.0516. The fraction of sp³-hybridized carbons (Fsp3) is 0.586. The molecule has 0 radical (unpaired) electrons. The molecular formula is C29H40N6O6S. The molecule has 1 aromatic rings. The number of anilines is 1. The first-order chi connectivity index (χ1) is 19.9. The van der Waals surface area contributed by atoms with Crippen molar-refractivity contribution in [2.45, 2.75) is 55.4 Å². The first kappa shape index (κ1) is 30.0. The number of sulfonamides is 1. The quantitative estimate of drug-likeness (QED) is 0.330. The molecule has 2 aliphatic heterocycles. The minimum Gasteiger partial charge on any atom is -0.376 e. The Bertz CT molecular complexity index is 1390. The van der Waals surface area contributed by atoms with E-state index in [0.717, 1.165) is 13.1 Å². The molecule has 3 atom stereocenters. The summed E-state index contributed by atoms with van der Waals surface area (Å²) in [6, 6.07) is 6.25. The molecule has 4 fully saturated rings. The number of hydrogen-bond acceptors (Lipinski definition) is 8. The van der Waals surface area contributed by atoms with Crippen molar-refractivity contribution < 1.29 is 27.6 Å². The molecule has 42 heavy (non-hydrogen) atoms. The number of carbonyl (C=O) groups is 4. The van der Waals surface area contributed by atoms with Gasteiger partial charge in [-0.2, -0.15) is 0 Å². The summed E-state index contributed by atoms with van der Waals surface area (Å²) in [6.45, 7) is 8.59. The third-order valence-electron chi connectivity index (χ3n) is 9.10. The van der Waals surface area contributed by atoms with E-state index in [9.17, 15) is 27.6 Å². The van der Waals surface area contributed by atoms with Crippen LogP contribution in [-0.2, 0) is 24.4 Å². The number of rotatable bonds is 10. The number of amides is 4. The Hall–Kier alpha value is -3.45. The van der Waals surface area contributed by atoms with Gasteiger partial charge in [0.25, 0.3) is 11.8 Å². The van der Waals surface area contributed by atoms with Gasteiger partial charge in [-0.25, -0.2) is 8.42 Å². The fourth-order valence-corrected chi connectivity index (χ4v) is 7.00. The Morgan fingerprint density at radius 1 is 1.10 bits per heavy atom. The van der Waals surface area contributed by atoms with Crippen molar-refractivity contribution >= 4 is 39.3 Å². The summed E-state index contributed by atoms with van der Waals surface area (Å²) < 4.78 is 26.5. The lowest BCUT2D eigenvalue weighted by Crippen LogP contribution is -2.57. The second-order valence-electron chi connectivity index (χ2n) is 12.2. The van der Waals surface area contributed by atoms with E-state index in [1.54, 1.807) is 31.2 Å². The van der Waals surface area contributed by atoms with Crippen LogP contribution in [0.15, 0.2) is 36.9 Å². The smallest absolute Gasteiger partial charge is 0.259 e. The summed E-state index contributed by atoms with van der Waals surface area (Å²) >= 11 is 0. The van der Waals surface area contributed by atoms with E-state index in [1.807, 2.05) is 11.9 Å². The van der Waals surface area contributed by atoms with Gasteiger partial charge in [0.05, 0.1) is 11.3 Å². The highest BCUT2D eigenvalue weighted by Crippen LogP contribution is 2.47. The van der Waals surface area contributed by atoms with Crippen LogP contribution >= 0.6 is 0 Å². The van der Waals surface area contributed by atoms with Crippen molar-refractivity contribution in [1.82, 2.24) is 24.7 Å². The van der Waals surface area contributed by atoms with Crippen LogP contribution in [0.4, 0.5) is 5.69 Å². The van der Waals surface area contributed by atoms with Crippen molar-refractivity contribution in [3.8, 4) is 0 Å². The number of likely N-dealkylation sites (tertiary alicyclic amines) is 1. The van der Waals surface area contributed by atoms with Gasteiger partial charge >= 0.3 is 0 Å². The molecule has 2 saturated carbocycles. The Balaban J connectivity index is 1.19. The van der Waals surface area contributed by atoms with Crippen molar-refractivity contribution in [3.63, 3.8) is 0 Å². The zero-order valence-corrected chi connectivity index (χ0v) is 25.0. The lowest BCUT2D eigenvalue weighted by Gasteiger charge is -2.32. The van der Waals surface area contributed by atoms with Gasteiger partial charge in [0.1, 0.15) is 11.6 Å². The average Bonchev–Trinajstić information content (AvgIpc) is 3.84. The summed E-state index contributed by atoms with van der Waals surface area (Å²) in [5, 5.41) is 5.85. The van der Waals surface area contributed by atoms with E-state index in [1.165, 1.54) is 11.0 Å². The number of benzene rings is 1. The predicted octanol–water partition coefficient (Wildman–Crippen LogP) is 0.537. The number of nitrogens with zero attached hydrogens (tertiary/aromatic N) is 3. The van der Waals surface area contributed by atoms with Crippen molar-refractivity contribution in [2.24, 2.45) is 5.92 Å². The van der Waals surface area contributed by atoms with Crippen molar-refractivity contribution in [1.29, 1.82) is 0 Å². The topological polar surface area (TPSA) is 148 Å². The van der Waals surface area contributed by atoms with Gasteiger partial charge in [0.15, 0.2) is 0 Å². The third-order valence-corrected chi connectivity index (χ3v) is 11.3. The summed E-state index contributed by atoms with van der Waals surface area (Å²) in [4.78, 5) is 58.2. The van der Waals surface area contributed by atoms with Crippen LogP contribution in [0.3, 0.4) is 0 Å². The van der Waals surface area contributed by atoms with Gasteiger partial charge in [-0.1, -0.05) is 12.1 Å². The van der Waals surface area contributed by atoms with E-state index in [0.29, 0.717) is 56.6 Å². The summed E-state index contributed by atoms with van der Waals surface area (Å²) in [6.07, 6.45) is 3.78. The predicted molar refractivity (Wildman–Crippen MR) is 157 cm³/mol.